The highest BCUT2D eigenvalue weighted by molar-refractivity contribution is 6.46. The van der Waals surface area contributed by atoms with Gasteiger partial charge in [0.1, 0.15) is 17.3 Å². The van der Waals surface area contributed by atoms with E-state index in [1.165, 1.54) is 17.0 Å². The summed E-state index contributed by atoms with van der Waals surface area (Å²) in [5, 5.41) is 20.8. The first kappa shape index (κ1) is 23.3. The second kappa shape index (κ2) is 9.87. The normalized spacial score (nSPS) is 18.1. The number of nitrogens with zero attached hydrogens (tertiary/aromatic N) is 2. The van der Waals surface area contributed by atoms with Gasteiger partial charge in [-0.3, -0.25) is 9.59 Å². The minimum Gasteiger partial charge on any atom is -0.508 e. The number of hydrogen-bond donors (Lipinski definition) is 2. The topological polar surface area (TPSA) is 90.3 Å². The lowest BCUT2D eigenvalue weighted by molar-refractivity contribution is -0.140. The molecule has 1 atom stereocenters. The number of benzene rings is 2. The van der Waals surface area contributed by atoms with Crippen molar-refractivity contribution in [3.8, 4) is 11.5 Å². The van der Waals surface area contributed by atoms with E-state index in [9.17, 15) is 19.8 Å². The van der Waals surface area contributed by atoms with Gasteiger partial charge in [0.05, 0.1) is 18.2 Å². The molecule has 1 saturated heterocycles. The maximum atomic E-state index is 13.0. The van der Waals surface area contributed by atoms with Crippen molar-refractivity contribution in [2.45, 2.75) is 19.9 Å². The minimum absolute atomic E-state index is 0.0373. The molecule has 1 aliphatic heterocycles. The first-order valence-electron chi connectivity index (χ1n) is 10.6. The highest BCUT2D eigenvalue weighted by atomic mass is 16.5. The van der Waals surface area contributed by atoms with E-state index in [1.54, 1.807) is 36.4 Å². The highest BCUT2D eigenvalue weighted by Crippen LogP contribution is 2.39. The van der Waals surface area contributed by atoms with Gasteiger partial charge in [0.25, 0.3) is 11.7 Å². The predicted molar refractivity (Wildman–Crippen MR) is 122 cm³/mol. The van der Waals surface area contributed by atoms with E-state index in [0.717, 1.165) is 0 Å². The first-order chi connectivity index (χ1) is 15.2. The van der Waals surface area contributed by atoms with E-state index >= 15 is 0 Å². The van der Waals surface area contributed by atoms with Gasteiger partial charge in [-0.25, -0.2) is 0 Å². The van der Waals surface area contributed by atoms with Crippen LogP contribution >= 0.6 is 0 Å². The Balaban J connectivity index is 2.02. The van der Waals surface area contributed by atoms with Crippen LogP contribution < -0.4 is 4.74 Å². The Morgan fingerprint density at radius 1 is 1.06 bits per heavy atom. The summed E-state index contributed by atoms with van der Waals surface area (Å²) in [6, 6.07) is 12.4. The standard InChI is InChI=1S/C25H30N2O5/c1-16(2)15-32-20-11-7-18(8-12-20)23(29)21-22(17-5-9-19(28)10-6-17)27(14-13-26(3)4)25(31)24(21)30/h5-12,16,22,28-29H,13-15H2,1-4H3/t22-/m1/s1. The van der Waals surface area contributed by atoms with E-state index in [2.05, 4.69) is 13.8 Å². The molecule has 0 saturated carbocycles. The molecule has 0 bridgehead atoms. The molecular weight excluding hydrogens is 408 g/mol. The lowest BCUT2D eigenvalue weighted by Crippen LogP contribution is -2.35. The van der Waals surface area contributed by atoms with Crippen molar-refractivity contribution >= 4 is 17.4 Å². The molecule has 2 aromatic rings. The number of carbonyl (C=O) groups is 2. The van der Waals surface area contributed by atoms with Gasteiger partial charge >= 0.3 is 0 Å². The van der Waals surface area contributed by atoms with Gasteiger partial charge in [-0.15, -0.1) is 0 Å². The fourth-order valence-corrected chi connectivity index (χ4v) is 3.55. The third-order valence-electron chi connectivity index (χ3n) is 5.25. The summed E-state index contributed by atoms with van der Waals surface area (Å²) in [5.74, 6) is -0.480. The Bertz CT molecular complexity index is 994. The van der Waals surface area contributed by atoms with E-state index in [-0.39, 0.29) is 17.1 Å². The Labute approximate surface area is 188 Å². The number of carbonyl (C=O) groups excluding carboxylic acids is 2. The van der Waals surface area contributed by atoms with Crippen molar-refractivity contribution in [3.05, 3.63) is 65.2 Å². The number of likely N-dealkylation sites (N-methyl/N-ethyl adjacent to an activating group) is 1. The SMILES string of the molecule is CC(C)COc1ccc(C(O)=C2C(=O)C(=O)N(CCN(C)C)[C@@H]2c2ccc(O)cc2)cc1. The monoisotopic (exact) mass is 438 g/mol. The van der Waals surface area contributed by atoms with E-state index in [4.69, 9.17) is 4.74 Å². The second-order valence-corrected chi connectivity index (χ2v) is 8.62. The summed E-state index contributed by atoms with van der Waals surface area (Å²) < 4.78 is 5.68. The number of phenolic OH excluding ortho intramolecular Hbond substituents is 1. The molecule has 1 aliphatic rings. The maximum Gasteiger partial charge on any atom is 0.295 e. The number of rotatable bonds is 8. The molecule has 7 heteroatoms. The molecule has 1 amide bonds. The zero-order chi connectivity index (χ0) is 23.4. The van der Waals surface area contributed by atoms with Crippen molar-refractivity contribution in [2.75, 3.05) is 33.8 Å². The van der Waals surface area contributed by atoms with Crippen LogP contribution in [0.3, 0.4) is 0 Å². The molecule has 0 aromatic heterocycles. The summed E-state index contributed by atoms with van der Waals surface area (Å²) in [5.41, 5.74) is 1.10. The van der Waals surface area contributed by atoms with Crippen LogP contribution in [0, 0.1) is 5.92 Å². The molecule has 3 rings (SSSR count). The number of aliphatic hydroxyl groups is 1. The molecule has 0 unspecified atom stereocenters. The van der Waals surface area contributed by atoms with E-state index < -0.39 is 17.7 Å². The molecule has 32 heavy (non-hydrogen) atoms. The third-order valence-corrected chi connectivity index (χ3v) is 5.25. The van der Waals surface area contributed by atoms with Gasteiger partial charge in [0, 0.05) is 18.7 Å². The van der Waals surface area contributed by atoms with Crippen molar-refractivity contribution in [1.29, 1.82) is 0 Å². The molecule has 2 aromatic carbocycles. The summed E-state index contributed by atoms with van der Waals surface area (Å²) in [4.78, 5) is 29.2. The zero-order valence-corrected chi connectivity index (χ0v) is 18.9. The van der Waals surface area contributed by atoms with Crippen LogP contribution in [-0.4, -0.2) is 65.5 Å². The van der Waals surface area contributed by atoms with Crippen molar-refractivity contribution in [3.63, 3.8) is 0 Å². The lowest BCUT2D eigenvalue weighted by Gasteiger charge is -2.26. The van der Waals surface area contributed by atoms with Gasteiger partial charge in [-0.2, -0.15) is 0 Å². The van der Waals surface area contributed by atoms with Gasteiger partial charge in [-0.05, 0) is 62.0 Å². The third kappa shape index (κ3) is 5.11. The number of amides is 1. The summed E-state index contributed by atoms with van der Waals surface area (Å²) in [6.45, 7) is 5.56. The number of aromatic hydroxyl groups is 1. The average molecular weight is 439 g/mol. The van der Waals surface area contributed by atoms with Gasteiger partial charge < -0.3 is 24.7 Å². The number of ether oxygens (including phenoxy) is 1. The van der Waals surface area contributed by atoms with Crippen molar-refractivity contribution in [1.82, 2.24) is 9.80 Å². The van der Waals surface area contributed by atoms with Crippen LogP contribution in [-0.2, 0) is 9.59 Å². The Morgan fingerprint density at radius 3 is 2.25 bits per heavy atom. The second-order valence-electron chi connectivity index (χ2n) is 8.62. The lowest BCUT2D eigenvalue weighted by atomic mass is 9.95. The highest BCUT2D eigenvalue weighted by Gasteiger charge is 2.45. The van der Waals surface area contributed by atoms with Gasteiger partial charge in [-0.1, -0.05) is 26.0 Å². The largest absolute Gasteiger partial charge is 0.508 e. The number of likely N-dealkylation sites (tertiary alicyclic amines) is 1. The average Bonchev–Trinajstić information content (AvgIpc) is 3.01. The molecule has 170 valence electrons. The first-order valence-corrected chi connectivity index (χ1v) is 10.6. The molecule has 0 aliphatic carbocycles. The molecule has 0 spiro atoms. The smallest absolute Gasteiger partial charge is 0.295 e. The van der Waals surface area contributed by atoms with Crippen molar-refractivity contribution in [2.24, 2.45) is 5.92 Å². The molecule has 1 heterocycles. The number of phenols is 1. The molecular formula is C25H30N2O5. The Morgan fingerprint density at radius 2 is 1.69 bits per heavy atom. The van der Waals surface area contributed by atoms with E-state index in [1.807, 2.05) is 19.0 Å². The fraction of sp³-hybridized carbons (Fsp3) is 0.360. The summed E-state index contributed by atoms with van der Waals surface area (Å²) >= 11 is 0. The van der Waals surface area contributed by atoms with Crippen LogP contribution in [0.4, 0.5) is 0 Å². The summed E-state index contributed by atoms with van der Waals surface area (Å²) in [6.07, 6.45) is 0. The minimum atomic E-state index is -0.743. The van der Waals surface area contributed by atoms with Crippen LogP contribution in [0.15, 0.2) is 54.1 Å². The van der Waals surface area contributed by atoms with Crippen molar-refractivity contribution < 1.29 is 24.5 Å². The summed E-state index contributed by atoms with van der Waals surface area (Å²) in [7, 11) is 3.77. The van der Waals surface area contributed by atoms with Crippen LogP contribution in [0.1, 0.15) is 31.0 Å². The Kier molecular flexibility index (Phi) is 7.20. The quantitative estimate of drug-likeness (QED) is 0.373. The maximum absolute atomic E-state index is 13.0. The predicted octanol–water partition coefficient (Wildman–Crippen LogP) is 3.41. The molecule has 7 nitrogen and oxygen atoms in total. The number of aliphatic hydroxyl groups excluding tert-OH is 1. The van der Waals surface area contributed by atoms with Crippen LogP contribution in [0.5, 0.6) is 11.5 Å². The number of ketones is 1. The fourth-order valence-electron chi connectivity index (χ4n) is 3.55. The van der Waals surface area contributed by atoms with Crippen LogP contribution in [0.2, 0.25) is 0 Å². The zero-order valence-electron chi connectivity index (χ0n) is 18.9. The van der Waals surface area contributed by atoms with Crippen LogP contribution in [0.25, 0.3) is 5.76 Å². The van der Waals surface area contributed by atoms with E-state index in [0.29, 0.717) is 42.5 Å². The molecule has 0 radical (unpaired) electrons. The number of hydrogen-bond acceptors (Lipinski definition) is 6. The number of Topliss-reactive ketones (excluding diaryl/α,β-unsaturated/α-hetero) is 1. The van der Waals surface area contributed by atoms with Gasteiger partial charge in [0.15, 0.2) is 0 Å². The Hall–Kier alpha value is -3.32. The molecule has 1 fully saturated rings. The van der Waals surface area contributed by atoms with Gasteiger partial charge in [0.2, 0.25) is 0 Å². The molecule has 2 N–H and O–H groups in total.